The fourth-order valence-electron chi connectivity index (χ4n) is 2.59. The van der Waals surface area contributed by atoms with Crippen molar-refractivity contribution in [3.63, 3.8) is 0 Å². The van der Waals surface area contributed by atoms with Crippen molar-refractivity contribution >= 4 is 27.9 Å². The van der Waals surface area contributed by atoms with Crippen LogP contribution in [0.3, 0.4) is 0 Å². The standard InChI is InChI=1S/C17H22BrFN2O3/c1-17(2,3)24-16(23)20-12-5-4-8-21(10-12)15(22)13-7-6-11(19)9-14(13)18/h6-7,9,12H,4-5,8,10H2,1-3H3,(H,20,23)/t12-/m1/s1. The number of hydrogen-bond donors (Lipinski definition) is 1. The van der Waals surface area contributed by atoms with E-state index in [2.05, 4.69) is 21.2 Å². The van der Waals surface area contributed by atoms with Crippen molar-refractivity contribution in [3.05, 3.63) is 34.1 Å². The largest absolute Gasteiger partial charge is 0.444 e. The van der Waals surface area contributed by atoms with Gasteiger partial charge in [0.05, 0.1) is 5.56 Å². The van der Waals surface area contributed by atoms with E-state index in [-0.39, 0.29) is 11.9 Å². The SMILES string of the molecule is CC(C)(C)OC(=O)N[C@@H]1CCCN(C(=O)c2ccc(F)cc2Br)C1. The predicted octanol–water partition coefficient (Wildman–Crippen LogP) is 3.72. The third-order valence-corrected chi connectivity index (χ3v) is 4.25. The number of rotatable bonds is 2. The zero-order valence-electron chi connectivity index (χ0n) is 14.1. The van der Waals surface area contributed by atoms with Gasteiger partial charge in [0.1, 0.15) is 11.4 Å². The first kappa shape index (κ1) is 18.7. The van der Waals surface area contributed by atoms with Crippen LogP contribution in [0.4, 0.5) is 9.18 Å². The molecule has 1 aliphatic rings. The lowest BCUT2D eigenvalue weighted by molar-refractivity contribution is 0.0452. The lowest BCUT2D eigenvalue weighted by Crippen LogP contribution is -2.50. The lowest BCUT2D eigenvalue weighted by Gasteiger charge is -2.33. The van der Waals surface area contributed by atoms with Gasteiger partial charge in [0.15, 0.2) is 0 Å². The quantitative estimate of drug-likeness (QED) is 0.822. The Bertz CT molecular complexity index is 631. The van der Waals surface area contributed by atoms with Crippen molar-refractivity contribution in [3.8, 4) is 0 Å². The van der Waals surface area contributed by atoms with Crippen LogP contribution in [0.5, 0.6) is 0 Å². The number of benzene rings is 1. The fraction of sp³-hybridized carbons (Fsp3) is 0.529. The number of hydrogen-bond acceptors (Lipinski definition) is 3. The van der Waals surface area contributed by atoms with E-state index in [9.17, 15) is 14.0 Å². The van der Waals surface area contributed by atoms with E-state index in [4.69, 9.17) is 4.74 Å². The van der Waals surface area contributed by atoms with E-state index in [0.29, 0.717) is 23.1 Å². The molecule has 2 rings (SSSR count). The Labute approximate surface area is 149 Å². The number of likely N-dealkylation sites (tertiary alicyclic amines) is 1. The zero-order chi connectivity index (χ0) is 17.9. The molecule has 7 heteroatoms. The van der Waals surface area contributed by atoms with E-state index in [1.807, 2.05) is 0 Å². The average molecular weight is 401 g/mol. The molecule has 0 aromatic heterocycles. The number of amides is 2. The monoisotopic (exact) mass is 400 g/mol. The van der Waals surface area contributed by atoms with Gasteiger partial charge in [-0.3, -0.25) is 4.79 Å². The van der Waals surface area contributed by atoms with Gasteiger partial charge in [0, 0.05) is 23.6 Å². The number of carbonyl (C=O) groups excluding carboxylic acids is 2. The number of carbonyl (C=O) groups is 2. The van der Waals surface area contributed by atoms with Crippen molar-refractivity contribution in [1.29, 1.82) is 0 Å². The normalized spacial score (nSPS) is 18.2. The smallest absolute Gasteiger partial charge is 0.407 e. The summed E-state index contributed by atoms with van der Waals surface area (Å²) in [4.78, 5) is 26.2. The second-order valence-corrected chi connectivity index (χ2v) is 7.72. The molecule has 24 heavy (non-hydrogen) atoms. The second-order valence-electron chi connectivity index (χ2n) is 6.86. The molecule has 132 valence electrons. The van der Waals surface area contributed by atoms with Gasteiger partial charge in [-0.15, -0.1) is 0 Å². The van der Waals surface area contributed by atoms with Crippen LogP contribution in [0, 0.1) is 5.82 Å². The Morgan fingerprint density at radius 3 is 2.71 bits per heavy atom. The minimum Gasteiger partial charge on any atom is -0.444 e. The molecule has 5 nitrogen and oxygen atoms in total. The molecule has 1 heterocycles. The van der Waals surface area contributed by atoms with Crippen LogP contribution in [0.15, 0.2) is 22.7 Å². The summed E-state index contributed by atoms with van der Waals surface area (Å²) >= 11 is 3.23. The molecular formula is C17H22BrFN2O3. The van der Waals surface area contributed by atoms with Crippen molar-refractivity contribution in [2.75, 3.05) is 13.1 Å². The number of piperidine rings is 1. The van der Waals surface area contributed by atoms with Crippen molar-refractivity contribution in [2.24, 2.45) is 0 Å². The Morgan fingerprint density at radius 1 is 1.38 bits per heavy atom. The summed E-state index contributed by atoms with van der Waals surface area (Å²) in [5, 5.41) is 2.81. The highest BCUT2D eigenvalue weighted by Crippen LogP contribution is 2.22. The maximum Gasteiger partial charge on any atom is 0.407 e. The second kappa shape index (κ2) is 7.51. The average Bonchev–Trinajstić information content (AvgIpc) is 2.44. The first-order chi connectivity index (χ1) is 11.2. The highest BCUT2D eigenvalue weighted by Gasteiger charge is 2.28. The van der Waals surface area contributed by atoms with Crippen LogP contribution < -0.4 is 5.32 Å². The number of ether oxygens (including phenoxy) is 1. The molecule has 1 aliphatic heterocycles. The first-order valence-corrected chi connectivity index (χ1v) is 8.69. The molecule has 1 aromatic rings. The molecule has 0 aliphatic carbocycles. The van der Waals surface area contributed by atoms with Crippen LogP contribution in [0.1, 0.15) is 44.0 Å². The highest BCUT2D eigenvalue weighted by atomic mass is 79.9. The van der Waals surface area contributed by atoms with Crippen LogP contribution in [-0.4, -0.2) is 41.6 Å². The molecule has 0 spiro atoms. The summed E-state index contributed by atoms with van der Waals surface area (Å²) in [6, 6.07) is 3.84. The molecule has 0 bridgehead atoms. The molecule has 0 unspecified atom stereocenters. The summed E-state index contributed by atoms with van der Waals surface area (Å²) in [5.41, 5.74) is -0.151. The molecular weight excluding hydrogens is 379 g/mol. The van der Waals surface area contributed by atoms with E-state index >= 15 is 0 Å². The van der Waals surface area contributed by atoms with Crippen LogP contribution in [0.2, 0.25) is 0 Å². The molecule has 1 atom stereocenters. The molecule has 0 radical (unpaired) electrons. The summed E-state index contributed by atoms with van der Waals surface area (Å²) in [7, 11) is 0. The molecule has 1 saturated heterocycles. The fourth-order valence-corrected chi connectivity index (χ4v) is 3.11. The van der Waals surface area contributed by atoms with Crippen LogP contribution >= 0.6 is 15.9 Å². The summed E-state index contributed by atoms with van der Waals surface area (Å²) in [5.74, 6) is -0.584. The molecule has 1 fully saturated rings. The first-order valence-electron chi connectivity index (χ1n) is 7.89. The summed E-state index contributed by atoms with van der Waals surface area (Å²) in [6.07, 6.45) is 1.09. The minimum atomic E-state index is -0.562. The minimum absolute atomic E-state index is 0.156. The topological polar surface area (TPSA) is 58.6 Å². The summed E-state index contributed by atoms with van der Waals surface area (Å²) in [6.45, 7) is 6.41. The van der Waals surface area contributed by atoms with Crippen molar-refractivity contribution in [2.45, 2.75) is 45.3 Å². The third-order valence-electron chi connectivity index (χ3n) is 3.59. The van der Waals surface area contributed by atoms with E-state index in [1.165, 1.54) is 18.2 Å². The van der Waals surface area contributed by atoms with Crippen molar-refractivity contribution in [1.82, 2.24) is 10.2 Å². The van der Waals surface area contributed by atoms with Gasteiger partial charge in [0.25, 0.3) is 5.91 Å². The van der Waals surface area contributed by atoms with Gasteiger partial charge in [-0.1, -0.05) is 0 Å². The van der Waals surface area contributed by atoms with Gasteiger partial charge in [0.2, 0.25) is 0 Å². The van der Waals surface area contributed by atoms with E-state index in [0.717, 1.165) is 12.8 Å². The van der Waals surface area contributed by atoms with Gasteiger partial charge < -0.3 is 15.0 Å². The molecule has 2 amide bonds. The Morgan fingerprint density at radius 2 is 2.08 bits per heavy atom. The highest BCUT2D eigenvalue weighted by molar-refractivity contribution is 9.10. The van der Waals surface area contributed by atoms with E-state index < -0.39 is 17.5 Å². The predicted molar refractivity (Wildman–Crippen MR) is 92.4 cm³/mol. The van der Waals surface area contributed by atoms with Gasteiger partial charge >= 0.3 is 6.09 Å². The van der Waals surface area contributed by atoms with Crippen molar-refractivity contribution < 1.29 is 18.7 Å². The lowest BCUT2D eigenvalue weighted by atomic mass is 10.0. The number of nitrogens with zero attached hydrogens (tertiary/aromatic N) is 1. The zero-order valence-corrected chi connectivity index (χ0v) is 15.7. The van der Waals surface area contributed by atoms with Gasteiger partial charge in [-0.25, -0.2) is 9.18 Å². The number of alkyl carbamates (subject to hydrolysis) is 1. The maximum atomic E-state index is 13.2. The molecule has 0 saturated carbocycles. The maximum absolute atomic E-state index is 13.2. The summed E-state index contributed by atoms with van der Waals surface area (Å²) < 4.78 is 18.9. The third kappa shape index (κ3) is 5.19. The Balaban J connectivity index is 1.99. The van der Waals surface area contributed by atoms with Crippen LogP contribution in [0.25, 0.3) is 0 Å². The Kier molecular flexibility index (Phi) is 5.85. The molecule has 1 N–H and O–H groups in total. The Hall–Kier alpha value is -1.63. The van der Waals surface area contributed by atoms with Gasteiger partial charge in [-0.05, 0) is 67.7 Å². The number of halogens is 2. The molecule has 1 aromatic carbocycles. The van der Waals surface area contributed by atoms with Crippen LogP contribution in [-0.2, 0) is 4.74 Å². The van der Waals surface area contributed by atoms with E-state index in [1.54, 1.807) is 25.7 Å². The van der Waals surface area contributed by atoms with Gasteiger partial charge in [-0.2, -0.15) is 0 Å². The number of nitrogens with one attached hydrogen (secondary N) is 1.